The van der Waals surface area contributed by atoms with E-state index < -0.39 is 0 Å². The van der Waals surface area contributed by atoms with Crippen LogP contribution in [0.1, 0.15) is 19.4 Å². The Kier molecular flexibility index (Phi) is 7.52. The van der Waals surface area contributed by atoms with Crippen LogP contribution in [0.5, 0.6) is 0 Å². The van der Waals surface area contributed by atoms with Crippen LogP contribution >= 0.6 is 23.9 Å². The van der Waals surface area contributed by atoms with Crippen LogP contribution < -0.4 is 0 Å². The van der Waals surface area contributed by atoms with Crippen LogP contribution in [0.3, 0.4) is 0 Å². The Labute approximate surface area is 106 Å². The highest BCUT2D eigenvalue weighted by Crippen LogP contribution is 2.35. The first-order valence-electron chi connectivity index (χ1n) is 5.08. The van der Waals surface area contributed by atoms with Crippen molar-refractivity contribution in [2.24, 2.45) is 0 Å². The molecule has 0 bridgehead atoms. The van der Waals surface area contributed by atoms with Crippen molar-refractivity contribution in [2.45, 2.75) is 20.0 Å². The van der Waals surface area contributed by atoms with Crippen molar-refractivity contribution < 1.29 is 4.92 Å². The van der Waals surface area contributed by atoms with Crippen LogP contribution in [0.2, 0.25) is 0 Å². The van der Waals surface area contributed by atoms with Gasteiger partial charge in [-0.05, 0) is 25.6 Å². The Morgan fingerprint density at radius 3 is 2.38 bits per heavy atom. The van der Waals surface area contributed by atoms with Gasteiger partial charge in [-0.25, -0.2) is 0 Å². The molecule has 0 radical (unpaired) electrons. The summed E-state index contributed by atoms with van der Waals surface area (Å²) in [6.45, 7) is 8.22. The standard InChI is InChI=1S/C9H11BrNO2P.C2H6/c1-14(2)6-7-3-4-8(10)5-9(7)11(12)13;1-2/h3-5H,6H2,1-2H3;1-2H3. The normalized spacial score (nSPS) is 9.62. The van der Waals surface area contributed by atoms with Crippen molar-refractivity contribution in [2.75, 3.05) is 13.3 Å². The summed E-state index contributed by atoms with van der Waals surface area (Å²) in [5.41, 5.74) is 1.05. The minimum Gasteiger partial charge on any atom is -0.258 e. The molecule has 3 nitrogen and oxygen atoms in total. The number of hydrogen-bond donors (Lipinski definition) is 0. The summed E-state index contributed by atoms with van der Waals surface area (Å²) in [4.78, 5) is 10.4. The fourth-order valence-electron chi connectivity index (χ4n) is 1.18. The highest BCUT2D eigenvalue weighted by molar-refractivity contribution is 9.10. The van der Waals surface area contributed by atoms with Crippen molar-refractivity contribution in [3.63, 3.8) is 0 Å². The second-order valence-corrected chi connectivity index (χ2v) is 6.66. The molecule has 0 aromatic heterocycles. The molecule has 0 aliphatic heterocycles. The van der Waals surface area contributed by atoms with Crippen LogP contribution in [-0.2, 0) is 6.16 Å². The van der Waals surface area contributed by atoms with E-state index in [1.54, 1.807) is 6.07 Å². The molecule has 0 amide bonds. The lowest BCUT2D eigenvalue weighted by Gasteiger charge is -2.06. The molecule has 0 heterocycles. The number of rotatable bonds is 3. The molecule has 90 valence electrons. The largest absolute Gasteiger partial charge is 0.274 e. The lowest BCUT2D eigenvalue weighted by molar-refractivity contribution is -0.385. The highest BCUT2D eigenvalue weighted by atomic mass is 79.9. The van der Waals surface area contributed by atoms with E-state index in [9.17, 15) is 10.1 Å². The summed E-state index contributed by atoms with van der Waals surface area (Å²) in [7, 11) is -0.147. The van der Waals surface area contributed by atoms with E-state index >= 15 is 0 Å². The van der Waals surface area contributed by atoms with Gasteiger partial charge in [0, 0.05) is 16.1 Å². The molecule has 0 unspecified atom stereocenters. The second-order valence-electron chi connectivity index (χ2n) is 3.27. The van der Waals surface area contributed by atoms with Crippen molar-refractivity contribution in [3.05, 3.63) is 38.3 Å². The van der Waals surface area contributed by atoms with Crippen LogP contribution in [0.25, 0.3) is 0 Å². The number of nitrogens with zero attached hydrogens (tertiary/aromatic N) is 1. The number of nitro benzene ring substituents is 1. The maximum absolute atomic E-state index is 10.7. The topological polar surface area (TPSA) is 43.1 Å². The SMILES string of the molecule is CC.CP(C)Cc1ccc(Br)cc1[N+](=O)[O-]. The summed E-state index contributed by atoms with van der Waals surface area (Å²) in [6.07, 6.45) is 0.804. The first-order valence-corrected chi connectivity index (χ1v) is 8.29. The van der Waals surface area contributed by atoms with Gasteiger partial charge in [-0.3, -0.25) is 10.1 Å². The molecule has 0 aliphatic carbocycles. The molecule has 1 aromatic rings. The molecule has 0 atom stereocenters. The monoisotopic (exact) mass is 305 g/mol. The van der Waals surface area contributed by atoms with Gasteiger partial charge >= 0.3 is 0 Å². The third-order valence-electron chi connectivity index (χ3n) is 1.73. The Morgan fingerprint density at radius 1 is 1.38 bits per heavy atom. The number of benzene rings is 1. The molecule has 16 heavy (non-hydrogen) atoms. The Bertz CT molecular complexity index is 356. The number of hydrogen-bond acceptors (Lipinski definition) is 2. The van der Waals surface area contributed by atoms with Crippen molar-refractivity contribution in [1.29, 1.82) is 0 Å². The van der Waals surface area contributed by atoms with E-state index in [-0.39, 0.29) is 18.5 Å². The predicted octanol–water partition coefficient (Wildman–Crippen LogP) is 4.63. The van der Waals surface area contributed by atoms with Gasteiger partial charge in [-0.2, -0.15) is 0 Å². The average molecular weight is 306 g/mol. The number of nitro groups is 1. The fraction of sp³-hybridized carbons (Fsp3) is 0.455. The van der Waals surface area contributed by atoms with Crippen LogP contribution in [-0.4, -0.2) is 18.3 Å². The minimum absolute atomic E-state index is 0.147. The summed E-state index contributed by atoms with van der Waals surface area (Å²) >= 11 is 3.23. The van der Waals surface area contributed by atoms with E-state index in [2.05, 4.69) is 29.3 Å². The van der Waals surface area contributed by atoms with E-state index in [0.29, 0.717) is 0 Å². The van der Waals surface area contributed by atoms with Gasteiger partial charge in [0.2, 0.25) is 0 Å². The van der Waals surface area contributed by atoms with Gasteiger partial charge in [0.15, 0.2) is 0 Å². The zero-order chi connectivity index (χ0) is 12.7. The predicted molar refractivity (Wildman–Crippen MR) is 74.6 cm³/mol. The molecule has 0 saturated heterocycles. The first kappa shape index (κ1) is 15.5. The minimum atomic E-state index is -0.321. The Balaban J connectivity index is 0.00000106. The summed E-state index contributed by atoms with van der Waals surface area (Å²) in [5.74, 6) is 0. The maximum atomic E-state index is 10.7. The summed E-state index contributed by atoms with van der Waals surface area (Å²) in [5, 5.41) is 10.7. The molecule has 0 N–H and O–H groups in total. The molecule has 1 aromatic carbocycles. The van der Waals surface area contributed by atoms with E-state index in [4.69, 9.17) is 0 Å². The summed E-state index contributed by atoms with van der Waals surface area (Å²) in [6, 6.07) is 5.24. The zero-order valence-electron chi connectivity index (χ0n) is 10.0. The van der Waals surface area contributed by atoms with Gasteiger partial charge in [-0.15, -0.1) is 7.92 Å². The molecular formula is C11H17BrNO2P. The van der Waals surface area contributed by atoms with Crippen LogP contribution in [0.15, 0.2) is 22.7 Å². The van der Waals surface area contributed by atoms with E-state index in [1.165, 1.54) is 0 Å². The van der Waals surface area contributed by atoms with Gasteiger partial charge in [0.05, 0.1) is 4.92 Å². The lowest BCUT2D eigenvalue weighted by atomic mass is 10.2. The molecule has 0 fully saturated rings. The Hall–Kier alpha value is -0.470. The third kappa shape index (κ3) is 5.04. The van der Waals surface area contributed by atoms with Gasteiger partial charge in [0.1, 0.15) is 0 Å². The van der Waals surface area contributed by atoms with E-state index in [1.807, 2.05) is 26.0 Å². The first-order chi connectivity index (χ1) is 7.50. The quantitative estimate of drug-likeness (QED) is 0.464. The molecule has 0 aliphatic rings. The summed E-state index contributed by atoms with van der Waals surface area (Å²) < 4.78 is 0.754. The Morgan fingerprint density at radius 2 is 1.94 bits per heavy atom. The van der Waals surface area contributed by atoms with Gasteiger partial charge in [0.25, 0.3) is 5.69 Å². The third-order valence-corrected chi connectivity index (χ3v) is 3.20. The molecule has 0 saturated carbocycles. The van der Waals surface area contributed by atoms with Crippen LogP contribution in [0, 0.1) is 10.1 Å². The van der Waals surface area contributed by atoms with Crippen molar-refractivity contribution >= 4 is 29.5 Å². The lowest BCUT2D eigenvalue weighted by Crippen LogP contribution is -1.94. The second kappa shape index (κ2) is 7.75. The van der Waals surface area contributed by atoms with Gasteiger partial charge in [-0.1, -0.05) is 35.8 Å². The van der Waals surface area contributed by atoms with Crippen molar-refractivity contribution in [3.8, 4) is 0 Å². The molecule has 0 spiro atoms. The van der Waals surface area contributed by atoms with Crippen molar-refractivity contribution in [1.82, 2.24) is 0 Å². The smallest absolute Gasteiger partial charge is 0.258 e. The van der Waals surface area contributed by atoms with Crippen LogP contribution in [0.4, 0.5) is 5.69 Å². The zero-order valence-corrected chi connectivity index (χ0v) is 12.5. The maximum Gasteiger partial charge on any atom is 0.274 e. The molecule has 1 rings (SSSR count). The van der Waals surface area contributed by atoms with E-state index in [0.717, 1.165) is 16.2 Å². The molecular weight excluding hydrogens is 289 g/mol. The molecule has 5 heteroatoms. The average Bonchev–Trinajstić information content (AvgIpc) is 2.23. The van der Waals surface area contributed by atoms with Gasteiger partial charge < -0.3 is 0 Å². The number of halogens is 1. The fourth-order valence-corrected chi connectivity index (χ4v) is 2.48. The highest BCUT2D eigenvalue weighted by Gasteiger charge is 2.14.